The zero-order valence-electron chi connectivity index (χ0n) is 9.15. The molecule has 1 aliphatic rings. The molecule has 0 N–H and O–H groups in total. The Hall–Kier alpha value is -0.110. The van der Waals surface area contributed by atoms with Gasteiger partial charge in [-0.15, -0.1) is 0 Å². The normalized spacial score (nSPS) is 21.0. The molecule has 13 heavy (non-hydrogen) atoms. The number of rotatable bonds is 3. The lowest BCUT2D eigenvalue weighted by atomic mass is 9.94. The maximum Gasteiger partial charge on any atom is 0.118 e. The average Bonchev–Trinajstić information content (AvgIpc) is 2.03. The van der Waals surface area contributed by atoms with E-state index in [1.807, 2.05) is 0 Å². The highest BCUT2D eigenvalue weighted by Crippen LogP contribution is 2.23. The van der Waals surface area contributed by atoms with Crippen LogP contribution in [-0.4, -0.2) is 30.2 Å². The summed E-state index contributed by atoms with van der Waals surface area (Å²) in [4.78, 5) is 2.19. The Kier molecular flexibility index (Phi) is 3.72. The van der Waals surface area contributed by atoms with Gasteiger partial charge in [0, 0.05) is 12.6 Å². The third-order valence-electron chi connectivity index (χ3n) is 2.82. The van der Waals surface area contributed by atoms with Crippen LogP contribution in [0, 0.1) is 0 Å². The van der Waals surface area contributed by atoms with E-state index in [9.17, 15) is 4.39 Å². The van der Waals surface area contributed by atoms with E-state index in [1.165, 1.54) is 32.1 Å². The topological polar surface area (TPSA) is 3.24 Å². The van der Waals surface area contributed by atoms with E-state index in [2.05, 4.69) is 11.9 Å². The molecular weight excluding hydrogens is 165 g/mol. The van der Waals surface area contributed by atoms with Gasteiger partial charge in [-0.25, -0.2) is 4.39 Å². The Morgan fingerprint density at radius 3 is 2.23 bits per heavy atom. The smallest absolute Gasteiger partial charge is 0.118 e. The van der Waals surface area contributed by atoms with Crippen LogP contribution >= 0.6 is 0 Å². The van der Waals surface area contributed by atoms with Crippen LogP contribution in [0.25, 0.3) is 0 Å². The van der Waals surface area contributed by atoms with Crippen molar-refractivity contribution in [3.8, 4) is 0 Å². The molecule has 1 saturated carbocycles. The van der Waals surface area contributed by atoms with Crippen molar-refractivity contribution in [3.05, 3.63) is 0 Å². The van der Waals surface area contributed by atoms with Crippen molar-refractivity contribution in [3.63, 3.8) is 0 Å². The SMILES string of the molecule is CN(CC(C)(C)F)C1CCCCC1. The predicted molar refractivity (Wildman–Crippen MR) is 54.7 cm³/mol. The van der Waals surface area contributed by atoms with Gasteiger partial charge in [-0.2, -0.15) is 0 Å². The minimum atomic E-state index is -1.05. The van der Waals surface area contributed by atoms with E-state index in [1.54, 1.807) is 13.8 Å². The summed E-state index contributed by atoms with van der Waals surface area (Å²) in [6, 6.07) is 0.628. The van der Waals surface area contributed by atoms with Crippen LogP contribution in [-0.2, 0) is 0 Å². The molecule has 0 aromatic heterocycles. The van der Waals surface area contributed by atoms with Gasteiger partial charge < -0.3 is 4.90 Å². The third kappa shape index (κ3) is 4.08. The highest BCUT2D eigenvalue weighted by molar-refractivity contribution is 4.78. The van der Waals surface area contributed by atoms with Crippen LogP contribution in [0.2, 0.25) is 0 Å². The maximum absolute atomic E-state index is 13.4. The Bertz CT molecular complexity index is 145. The highest BCUT2D eigenvalue weighted by Gasteiger charge is 2.24. The minimum absolute atomic E-state index is 0.567. The molecule has 0 aromatic rings. The van der Waals surface area contributed by atoms with Gasteiger partial charge in [0.05, 0.1) is 0 Å². The zero-order valence-corrected chi connectivity index (χ0v) is 9.15. The number of halogens is 1. The summed E-state index contributed by atoms with van der Waals surface area (Å²) in [5.41, 5.74) is -1.05. The van der Waals surface area contributed by atoms with Gasteiger partial charge in [0.2, 0.25) is 0 Å². The van der Waals surface area contributed by atoms with Crippen molar-refractivity contribution < 1.29 is 4.39 Å². The lowest BCUT2D eigenvalue weighted by Crippen LogP contribution is -2.40. The zero-order chi connectivity index (χ0) is 9.90. The molecule has 0 atom stereocenters. The van der Waals surface area contributed by atoms with Gasteiger partial charge >= 0.3 is 0 Å². The van der Waals surface area contributed by atoms with Gasteiger partial charge in [0.15, 0.2) is 0 Å². The molecule has 0 bridgehead atoms. The number of nitrogens with zero attached hydrogens (tertiary/aromatic N) is 1. The molecular formula is C11H22FN. The summed E-state index contributed by atoms with van der Waals surface area (Å²) in [7, 11) is 2.05. The van der Waals surface area contributed by atoms with Crippen LogP contribution in [0.1, 0.15) is 46.0 Å². The molecule has 1 nitrogen and oxygen atoms in total. The first-order valence-electron chi connectivity index (χ1n) is 5.38. The van der Waals surface area contributed by atoms with E-state index in [-0.39, 0.29) is 0 Å². The molecule has 0 unspecified atom stereocenters. The van der Waals surface area contributed by atoms with Crippen LogP contribution in [0.4, 0.5) is 4.39 Å². The number of hydrogen-bond donors (Lipinski definition) is 0. The van der Waals surface area contributed by atoms with E-state index in [4.69, 9.17) is 0 Å². The largest absolute Gasteiger partial charge is 0.300 e. The quantitative estimate of drug-likeness (QED) is 0.656. The molecule has 0 saturated heterocycles. The molecule has 0 heterocycles. The first kappa shape index (κ1) is 11.0. The maximum atomic E-state index is 13.4. The van der Waals surface area contributed by atoms with Crippen molar-refractivity contribution in [2.75, 3.05) is 13.6 Å². The van der Waals surface area contributed by atoms with Gasteiger partial charge in [-0.05, 0) is 33.7 Å². The van der Waals surface area contributed by atoms with Crippen LogP contribution < -0.4 is 0 Å². The summed E-state index contributed by atoms with van der Waals surface area (Å²) in [6.45, 7) is 3.89. The summed E-state index contributed by atoms with van der Waals surface area (Å²) in [5, 5.41) is 0. The van der Waals surface area contributed by atoms with E-state index < -0.39 is 5.67 Å². The van der Waals surface area contributed by atoms with Crippen molar-refractivity contribution >= 4 is 0 Å². The van der Waals surface area contributed by atoms with E-state index in [0.717, 1.165) is 0 Å². The van der Waals surface area contributed by atoms with E-state index >= 15 is 0 Å². The standard InChI is InChI=1S/C11H22FN/c1-11(2,12)9-13(3)10-7-5-4-6-8-10/h10H,4-9H2,1-3H3. The second kappa shape index (κ2) is 4.41. The fraction of sp³-hybridized carbons (Fsp3) is 1.00. The lowest BCUT2D eigenvalue weighted by molar-refractivity contribution is 0.0984. The summed E-state index contributed by atoms with van der Waals surface area (Å²) < 4.78 is 13.4. The van der Waals surface area contributed by atoms with E-state index in [0.29, 0.717) is 12.6 Å². The Labute approximate surface area is 81.3 Å². The Balaban J connectivity index is 2.33. The second-order valence-electron chi connectivity index (χ2n) is 4.93. The summed E-state index contributed by atoms with van der Waals surface area (Å²) in [6.07, 6.45) is 6.52. The average molecular weight is 187 g/mol. The molecule has 1 fully saturated rings. The number of hydrogen-bond acceptors (Lipinski definition) is 1. The third-order valence-corrected chi connectivity index (χ3v) is 2.82. The molecule has 78 valence electrons. The molecule has 0 radical (unpaired) electrons. The van der Waals surface area contributed by atoms with Gasteiger partial charge in [-0.1, -0.05) is 19.3 Å². The van der Waals surface area contributed by atoms with Crippen molar-refractivity contribution in [2.45, 2.75) is 57.7 Å². The molecule has 1 aliphatic carbocycles. The first-order chi connectivity index (χ1) is 5.99. The molecule has 2 heteroatoms. The molecule has 0 amide bonds. The van der Waals surface area contributed by atoms with Crippen LogP contribution in [0.3, 0.4) is 0 Å². The molecule has 0 spiro atoms. The van der Waals surface area contributed by atoms with Crippen LogP contribution in [0.5, 0.6) is 0 Å². The predicted octanol–water partition coefficient (Wildman–Crippen LogP) is 3.00. The van der Waals surface area contributed by atoms with Gasteiger partial charge in [0.25, 0.3) is 0 Å². The van der Waals surface area contributed by atoms with Crippen molar-refractivity contribution in [2.24, 2.45) is 0 Å². The molecule has 0 aromatic carbocycles. The lowest BCUT2D eigenvalue weighted by Gasteiger charge is -2.33. The Morgan fingerprint density at radius 1 is 1.23 bits per heavy atom. The summed E-state index contributed by atoms with van der Waals surface area (Å²) in [5.74, 6) is 0. The highest BCUT2D eigenvalue weighted by atomic mass is 19.1. The second-order valence-corrected chi connectivity index (χ2v) is 4.93. The first-order valence-corrected chi connectivity index (χ1v) is 5.38. The van der Waals surface area contributed by atoms with Crippen molar-refractivity contribution in [1.29, 1.82) is 0 Å². The fourth-order valence-corrected chi connectivity index (χ4v) is 2.24. The van der Waals surface area contributed by atoms with Crippen LogP contribution in [0.15, 0.2) is 0 Å². The molecule has 1 rings (SSSR count). The minimum Gasteiger partial charge on any atom is -0.300 e. The monoisotopic (exact) mass is 187 g/mol. The molecule has 0 aliphatic heterocycles. The fourth-order valence-electron chi connectivity index (χ4n) is 2.24. The van der Waals surface area contributed by atoms with Gasteiger partial charge in [-0.3, -0.25) is 0 Å². The Morgan fingerprint density at radius 2 is 1.77 bits per heavy atom. The number of alkyl halides is 1. The van der Waals surface area contributed by atoms with Crippen molar-refractivity contribution in [1.82, 2.24) is 4.90 Å². The van der Waals surface area contributed by atoms with Gasteiger partial charge in [0.1, 0.15) is 5.67 Å². The summed E-state index contributed by atoms with van der Waals surface area (Å²) >= 11 is 0.